The van der Waals surface area contributed by atoms with Gasteiger partial charge in [-0.1, -0.05) is 36.4 Å². The van der Waals surface area contributed by atoms with Gasteiger partial charge in [-0.15, -0.1) is 0 Å². The van der Waals surface area contributed by atoms with Gasteiger partial charge in [0.05, 0.1) is 4.90 Å². The lowest BCUT2D eigenvalue weighted by atomic mass is 10.2. The van der Waals surface area contributed by atoms with Gasteiger partial charge in [0.15, 0.2) is 0 Å². The maximum absolute atomic E-state index is 13.8. The van der Waals surface area contributed by atoms with E-state index in [0.717, 1.165) is 0 Å². The number of hydrogen-bond acceptors (Lipinski definition) is 5. The van der Waals surface area contributed by atoms with Gasteiger partial charge in [0.25, 0.3) is 0 Å². The standard InChI is InChI=1S/C27H31F3O5S2/c1-25(2,3)33-20-17-18-24(23(19-20)34-26(4,5)6)36(21-13-9-7-10-14-21,22-15-11-8-12-16-22)35-37(31,32)27(28,29)30/h7-19H,1-6H3. The van der Waals surface area contributed by atoms with Crippen molar-refractivity contribution in [1.82, 2.24) is 0 Å². The Kier molecular flexibility index (Phi) is 7.98. The summed E-state index contributed by atoms with van der Waals surface area (Å²) in [5, 5.41) is 0. The first-order valence-electron chi connectivity index (χ1n) is 11.4. The van der Waals surface area contributed by atoms with Gasteiger partial charge in [-0.3, -0.25) is 0 Å². The molecule has 0 heterocycles. The molecule has 0 aromatic heterocycles. The topological polar surface area (TPSA) is 61.8 Å². The van der Waals surface area contributed by atoms with E-state index in [0.29, 0.717) is 5.75 Å². The molecule has 0 aliphatic carbocycles. The van der Waals surface area contributed by atoms with Crippen molar-refractivity contribution in [3.05, 3.63) is 78.9 Å². The zero-order valence-corrected chi connectivity index (χ0v) is 23.1. The van der Waals surface area contributed by atoms with Gasteiger partial charge in [0.2, 0.25) is 0 Å². The van der Waals surface area contributed by atoms with Gasteiger partial charge in [0.1, 0.15) is 22.7 Å². The molecule has 0 N–H and O–H groups in total. The Morgan fingerprint density at radius 1 is 0.649 bits per heavy atom. The molecule has 0 aliphatic heterocycles. The Balaban J connectivity index is 2.46. The molecule has 10 heteroatoms. The van der Waals surface area contributed by atoms with E-state index in [1.807, 2.05) is 20.8 Å². The van der Waals surface area contributed by atoms with Crippen molar-refractivity contribution < 1.29 is 34.7 Å². The van der Waals surface area contributed by atoms with Crippen molar-refractivity contribution in [3.63, 3.8) is 0 Å². The molecule has 0 radical (unpaired) electrons. The van der Waals surface area contributed by atoms with E-state index in [9.17, 15) is 21.6 Å². The molecule has 0 atom stereocenters. The van der Waals surface area contributed by atoms with Crippen molar-refractivity contribution in [2.45, 2.75) is 72.9 Å². The number of hydrogen-bond donors (Lipinski definition) is 0. The van der Waals surface area contributed by atoms with E-state index in [4.69, 9.17) is 13.1 Å². The Bertz CT molecular complexity index is 1270. The quantitative estimate of drug-likeness (QED) is 0.275. The smallest absolute Gasteiger partial charge is 0.488 e. The second kappa shape index (κ2) is 10.2. The van der Waals surface area contributed by atoms with Crippen molar-refractivity contribution in [2.24, 2.45) is 0 Å². The van der Waals surface area contributed by atoms with Crippen LogP contribution < -0.4 is 9.47 Å². The van der Waals surface area contributed by atoms with E-state index in [1.54, 1.807) is 93.6 Å². The van der Waals surface area contributed by atoms with Crippen molar-refractivity contribution in [1.29, 1.82) is 0 Å². The molecule has 3 aromatic rings. The zero-order valence-electron chi connectivity index (χ0n) is 21.5. The van der Waals surface area contributed by atoms with Gasteiger partial charge in [0, 0.05) is 15.9 Å². The largest absolute Gasteiger partial charge is 0.524 e. The van der Waals surface area contributed by atoms with Crippen LogP contribution in [-0.2, 0) is 13.7 Å². The normalized spacial score (nSPS) is 13.8. The number of rotatable bonds is 7. The highest BCUT2D eigenvalue weighted by Gasteiger charge is 2.53. The van der Waals surface area contributed by atoms with Gasteiger partial charge >= 0.3 is 15.6 Å². The van der Waals surface area contributed by atoms with Crippen LogP contribution in [0.1, 0.15) is 41.5 Å². The molecule has 0 unspecified atom stereocenters. The maximum atomic E-state index is 13.8. The predicted octanol–water partition coefficient (Wildman–Crippen LogP) is 8.10. The second-order valence-electron chi connectivity index (χ2n) is 10.2. The number of halogens is 3. The lowest BCUT2D eigenvalue weighted by Crippen LogP contribution is -2.28. The van der Waals surface area contributed by atoms with Crippen LogP contribution in [0.5, 0.6) is 11.5 Å². The summed E-state index contributed by atoms with van der Waals surface area (Å²) in [5.41, 5.74) is -6.99. The SMILES string of the molecule is CC(C)(C)Oc1ccc(S(OS(=O)(=O)C(F)(F)F)(c2ccccc2)c2ccccc2)c(OC(C)(C)C)c1. The Morgan fingerprint density at radius 3 is 1.51 bits per heavy atom. The van der Waals surface area contributed by atoms with E-state index < -0.39 is 37.1 Å². The van der Waals surface area contributed by atoms with Gasteiger partial charge in [-0.2, -0.15) is 25.2 Å². The Labute approximate surface area is 218 Å². The number of alkyl halides is 3. The van der Waals surface area contributed by atoms with Crippen LogP contribution in [0.3, 0.4) is 0 Å². The second-order valence-corrected chi connectivity index (χ2v) is 14.6. The van der Waals surface area contributed by atoms with E-state index in [-0.39, 0.29) is 20.4 Å². The first-order chi connectivity index (χ1) is 16.9. The molecule has 202 valence electrons. The molecular formula is C27H31F3O5S2. The molecule has 3 rings (SSSR count). The van der Waals surface area contributed by atoms with Crippen molar-refractivity contribution in [3.8, 4) is 11.5 Å². The third-order valence-corrected chi connectivity index (χ3v) is 9.62. The summed E-state index contributed by atoms with van der Waals surface area (Å²) in [6.07, 6.45) is 0. The zero-order chi connectivity index (χ0) is 27.7. The fourth-order valence-electron chi connectivity index (χ4n) is 3.45. The molecule has 0 bridgehead atoms. The maximum Gasteiger partial charge on any atom is 0.524 e. The Morgan fingerprint density at radius 2 is 1.11 bits per heavy atom. The molecular weight excluding hydrogens is 525 g/mol. The van der Waals surface area contributed by atoms with E-state index >= 15 is 0 Å². The lowest BCUT2D eigenvalue weighted by Gasteiger charge is -2.41. The van der Waals surface area contributed by atoms with Crippen molar-refractivity contribution >= 4 is 20.4 Å². The summed E-state index contributed by atoms with van der Waals surface area (Å²) in [4.78, 5) is 0.642. The van der Waals surface area contributed by atoms with Crippen LogP contribution in [0, 0.1) is 0 Å². The molecule has 3 aromatic carbocycles. The van der Waals surface area contributed by atoms with Crippen LogP contribution in [0.15, 0.2) is 93.5 Å². The molecule has 0 aliphatic rings. The molecule has 0 amide bonds. The van der Waals surface area contributed by atoms with E-state index in [1.165, 1.54) is 6.07 Å². The summed E-state index contributed by atoms with van der Waals surface area (Å²) in [7, 11) is -9.57. The monoisotopic (exact) mass is 556 g/mol. The summed E-state index contributed by atoms with van der Waals surface area (Å²) >= 11 is 0. The molecule has 0 spiro atoms. The fraction of sp³-hybridized carbons (Fsp3) is 0.333. The van der Waals surface area contributed by atoms with Crippen molar-refractivity contribution in [2.75, 3.05) is 0 Å². The highest BCUT2D eigenvalue weighted by Crippen LogP contribution is 2.72. The summed E-state index contributed by atoms with van der Waals surface area (Å²) in [6.45, 7) is 10.9. The number of ether oxygens (including phenoxy) is 2. The first-order valence-corrected chi connectivity index (χ1v) is 14.4. The molecule has 37 heavy (non-hydrogen) atoms. The summed E-state index contributed by atoms with van der Waals surface area (Å²) < 4.78 is 84.2. The fourth-order valence-corrected chi connectivity index (χ4v) is 8.26. The van der Waals surface area contributed by atoms with Gasteiger partial charge in [-0.25, -0.2) is 0 Å². The Hall–Kier alpha value is -2.69. The molecule has 0 saturated heterocycles. The van der Waals surface area contributed by atoms with Crippen LogP contribution >= 0.6 is 10.3 Å². The average molecular weight is 557 g/mol. The van der Waals surface area contributed by atoms with Gasteiger partial charge in [-0.05, 0) is 88.2 Å². The highest BCUT2D eigenvalue weighted by molar-refractivity contribution is 8.33. The average Bonchev–Trinajstić information content (AvgIpc) is 2.76. The lowest BCUT2D eigenvalue weighted by molar-refractivity contribution is -0.0496. The summed E-state index contributed by atoms with van der Waals surface area (Å²) in [6, 6.07) is 20.7. The predicted molar refractivity (Wildman–Crippen MR) is 139 cm³/mol. The first kappa shape index (κ1) is 28.9. The minimum Gasteiger partial charge on any atom is -0.488 e. The van der Waals surface area contributed by atoms with Crippen LogP contribution in [0.4, 0.5) is 13.2 Å². The third kappa shape index (κ3) is 6.80. The number of benzene rings is 3. The molecule has 0 fully saturated rings. The molecule has 5 nitrogen and oxygen atoms in total. The van der Waals surface area contributed by atoms with Gasteiger partial charge < -0.3 is 9.47 Å². The minimum absolute atomic E-state index is 0.147. The third-order valence-electron chi connectivity index (χ3n) is 4.69. The molecule has 0 saturated carbocycles. The van der Waals surface area contributed by atoms with E-state index in [2.05, 4.69) is 0 Å². The van der Waals surface area contributed by atoms with Crippen LogP contribution in [0.2, 0.25) is 0 Å². The highest BCUT2D eigenvalue weighted by atomic mass is 32.3. The van der Waals surface area contributed by atoms with Crippen LogP contribution in [-0.4, -0.2) is 25.1 Å². The van der Waals surface area contributed by atoms with Crippen LogP contribution in [0.25, 0.3) is 0 Å². The summed E-state index contributed by atoms with van der Waals surface area (Å²) in [5.74, 6) is 0.554. The minimum atomic E-state index is -6.05.